The molecular formula is C19H21F2N3O2. The Hall–Kier alpha value is -2.67. The van der Waals surface area contributed by atoms with Gasteiger partial charge in [-0.15, -0.1) is 0 Å². The lowest BCUT2D eigenvalue weighted by atomic mass is 10.2. The molecule has 0 saturated carbocycles. The summed E-state index contributed by atoms with van der Waals surface area (Å²) in [5.74, 6) is -0.778. The molecule has 1 saturated heterocycles. The topological polar surface area (TPSA) is 44.8 Å². The Balaban J connectivity index is 1.50. The van der Waals surface area contributed by atoms with Crippen molar-refractivity contribution < 1.29 is 18.3 Å². The van der Waals surface area contributed by atoms with Gasteiger partial charge >= 0.3 is 0 Å². The first-order chi connectivity index (χ1) is 12.5. The zero-order chi connectivity index (χ0) is 18.5. The van der Waals surface area contributed by atoms with Gasteiger partial charge < -0.3 is 15.0 Å². The van der Waals surface area contributed by atoms with Crippen LogP contribution >= 0.6 is 0 Å². The number of carbonyl (C=O) groups is 1. The second-order valence-corrected chi connectivity index (χ2v) is 6.13. The number of anilines is 2. The smallest absolute Gasteiger partial charge is 0.238 e. The number of hydrogen-bond donors (Lipinski definition) is 1. The number of nitrogens with zero attached hydrogens (tertiary/aromatic N) is 2. The number of amides is 1. The number of rotatable bonds is 5. The lowest BCUT2D eigenvalue weighted by Crippen LogP contribution is -2.48. The predicted molar refractivity (Wildman–Crippen MR) is 96.6 cm³/mol. The summed E-state index contributed by atoms with van der Waals surface area (Å²) < 4.78 is 31.9. The molecule has 26 heavy (non-hydrogen) atoms. The Morgan fingerprint density at radius 2 is 1.77 bits per heavy atom. The summed E-state index contributed by atoms with van der Waals surface area (Å²) in [5.41, 5.74) is 0.976. The summed E-state index contributed by atoms with van der Waals surface area (Å²) in [6, 6.07) is 10.9. The van der Waals surface area contributed by atoms with Crippen molar-refractivity contribution in [3.63, 3.8) is 0 Å². The molecule has 0 radical (unpaired) electrons. The van der Waals surface area contributed by atoms with E-state index < -0.39 is 11.6 Å². The van der Waals surface area contributed by atoms with E-state index in [0.29, 0.717) is 13.1 Å². The highest BCUT2D eigenvalue weighted by atomic mass is 19.1. The highest BCUT2D eigenvalue weighted by Gasteiger charge is 2.20. The van der Waals surface area contributed by atoms with E-state index in [1.807, 2.05) is 29.2 Å². The van der Waals surface area contributed by atoms with Crippen molar-refractivity contribution >= 4 is 17.3 Å². The number of methoxy groups -OCH3 is 1. The van der Waals surface area contributed by atoms with Crippen molar-refractivity contribution in [1.29, 1.82) is 0 Å². The third kappa shape index (κ3) is 4.49. The number of ether oxygens (including phenoxy) is 1. The number of nitrogens with one attached hydrogen (secondary N) is 1. The van der Waals surface area contributed by atoms with Gasteiger partial charge in [0.25, 0.3) is 0 Å². The molecule has 0 aliphatic carbocycles. The van der Waals surface area contributed by atoms with Crippen molar-refractivity contribution in [3.05, 3.63) is 54.1 Å². The molecule has 0 atom stereocenters. The zero-order valence-electron chi connectivity index (χ0n) is 14.5. The summed E-state index contributed by atoms with van der Waals surface area (Å²) in [6.45, 7) is 3.14. The maximum atomic E-state index is 13.6. The number of halogens is 2. The van der Waals surface area contributed by atoms with Gasteiger partial charge in [-0.25, -0.2) is 8.78 Å². The first-order valence-corrected chi connectivity index (χ1v) is 8.41. The van der Waals surface area contributed by atoms with Crippen molar-refractivity contribution in [2.24, 2.45) is 0 Å². The van der Waals surface area contributed by atoms with Crippen LogP contribution in [0, 0.1) is 11.6 Å². The molecule has 0 bridgehead atoms. The van der Waals surface area contributed by atoms with Crippen LogP contribution in [0.2, 0.25) is 0 Å². The maximum Gasteiger partial charge on any atom is 0.238 e. The first kappa shape index (κ1) is 18.1. The van der Waals surface area contributed by atoms with E-state index >= 15 is 0 Å². The van der Waals surface area contributed by atoms with Gasteiger partial charge in [-0.3, -0.25) is 9.69 Å². The fourth-order valence-electron chi connectivity index (χ4n) is 2.94. The van der Waals surface area contributed by atoms with E-state index in [1.165, 1.54) is 0 Å². The first-order valence-electron chi connectivity index (χ1n) is 8.41. The van der Waals surface area contributed by atoms with Crippen molar-refractivity contribution in [2.75, 3.05) is 50.1 Å². The molecule has 138 valence electrons. The third-order valence-corrected chi connectivity index (χ3v) is 4.38. The van der Waals surface area contributed by atoms with Crippen LogP contribution in [0.4, 0.5) is 20.2 Å². The van der Waals surface area contributed by atoms with Gasteiger partial charge in [0.15, 0.2) is 0 Å². The minimum atomic E-state index is -0.649. The number of piperazine rings is 1. The molecule has 1 amide bonds. The fraction of sp³-hybridized carbons (Fsp3) is 0.316. The number of benzene rings is 2. The molecule has 0 unspecified atom stereocenters. The average Bonchev–Trinajstić information content (AvgIpc) is 2.65. The lowest BCUT2D eigenvalue weighted by Gasteiger charge is -2.35. The van der Waals surface area contributed by atoms with Gasteiger partial charge in [-0.1, -0.05) is 0 Å². The molecule has 0 aromatic heterocycles. The Morgan fingerprint density at radius 1 is 1.08 bits per heavy atom. The van der Waals surface area contributed by atoms with E-state index in [2.05, 4.69) is 10.2 Å². The molecule has 7 heteroatoms. The maximum absolute atomic E-state index is 13.6. The Bertz CT molecular complexity index is 760. The van der Waals surface area contributed by atoms with Crippen molar-refractivity contribution in [3.8, 4) is 5.75 Å². The van der Waals surface area contributed by atoms with Crippen LogP contribution in [0.3, 0.4) is 0 Å². The highest BCUT2D eigenvalue weighted by Crippen LogP contribution is 2.20. The molecule has 2 aromatic carbocycles. The van der Waals surface area contributed by atoms with Crippen LogP contribution in [-0.2, 0) is 4.79 Å². The van der Waals surface area contributed by atoms with Crippen LogP contribution in [0.25, 0.3) is 0 Å². The van der Waals surface area contributed by atoms with E-state index in [4.69, 9.17) is 4.74 Å². The van der Waals surface area contributed by atoms with Gasteiger partial charge in [-0.2, -0.15) is 0 Å². The van der Waals surface area contributed by atoms with Crippen LogP contribution in [0.5, 0.6) is 5.75 Å². The summed E-state index contributed by atoms with van der Waals surface area (Å²) in [4.78, 5) is 16.3. The van der Waals surface area contributed by atoms with Crippen molar-refractivity contribution in [1.82, 2.24) is 4.90 Å². The molecular weight excluding hydrogens is 340 g/mol. The van der Waals surface area contributed by atoms with Gasteiger partial charge in [0, 0.05) is 37.9 Å². The van der Waals surface area contributed by atoms with E-state index in [-0.39, 0.29) is 18.1 Å². The predicted octanol–water partition coefficient (Wildman–Crippen LogP) is 2.73. The van der Waals surface area contributed by atoms with E-state index in [0.717, 1.165) is 42.7 Å². The number of hydrogen-bond acceptors (Lipinski definition) is 4. The van der Waals surface area contributed by atoms with E-state index in [1.54, 1.807) is 7.11 Å². The summed E-state index contributed by atoms with van der Waals surface area (Å²) >= 11 is 0. The van der Waals surface area contributed by atoms with Gasteiger partial charge in [0.1, 0.15) is 17.4 Å². The SMILES string of the molecule is COc1ccc(N2CCN(CC(=O)Nc3cc(F)ccc3F)CC2)cc1. The average molecular weight is 361 g/mol. The molecule has 1 aliphatic rings. The summed E-state index contributed by atoms with van der Waals surface area (Å²) in [5, 5.41) is 2.43. The molecule has 0 spiro atoms. The second-order valence-electron chi connectivity index (χ2n) is 6.13. The van der Waals surface area contributed by atoms with Crippen LogP contribution in [0.15, 0.2) is 42.5 Å². The molecule has 1 aliphatic heterocycles. The van der Waals surface area contributed by atoms with Gasteiger partial charge in [-0.05, 0) is 36.4 Å². The Morgan fingerprint density at radius 3 is 2.42 bits per heavy atom. The standard InChI is InChI=1S/C19H21F2N3O2/c1-26-16-5-3-15(4-6-16)24-10-8-23(9-11-24)13-19(25)22-18-12-14(20)2-7-17(18)21/h2-7,12H,8-11,13H2,1H3,(H,22,25). The molecule has 1 heterocycles. The second kappa shape index (κ2) is 8.14. The molecule has 5 nitrogen and oxygen atoms in total. The molecule has 1 fully saturated rings. The van der Waals surface area contributed by atoms with Crippen LogP contribution < -0.4 is 15.0 Å². The summed E-state index contributed by atoms with van der Waals surface area (Å²) in [6.07, 6.45) is 0. The van der Waals surface area contributed by atoms with E-state index in [9.17, 15) is 13.6 Å². The van der Waals surface area contributed by atoms with Crippen molar-refractivity contribution in [2.45, 2.75) is 0 Å². The third-order valence-electron chi connectivity index (χ3n) is 4.38. The lowest BCUT2D eigenvalue weighted by molar-refractivity contribution is -0.117. The highest BCUT2D eigenvalue weighted by molar-refractivity contribution is 5.92. The minimum absolute atomic E-state index is 0.133. The van der Waals surface area contributed by atoms with Gasteiger partial charge in [0.2, 0.25) is 5.91 Å². The van der Waals surface area contributed by atoms with Crippen LogP contribution in [0.1, 0.15) is 0 Å². The normalized spacial score (nSPS) is 15.0. The summed E-state index contributed by atoms with van der Waals surface area (Å²) in [7, 11) is 1.63. The largest absolute Gasteiger partial charge is 0.497 e. The molecule has 3 rings (SSSR count). The Kier molecular flexibility index (Phi) is 5.68. The quantitative estimate of drug-likeness (QED) is 0.890. The molecule has 2 aromatic rings. The Labute approximate surface area is 151 Å². The fourth-order valence-corrected chi connectivity index (χ4v) is 2.94. The monoisotopic (exact) mass is 361 g/mol. The molecule has 1 N–H and O–H groups in total. The zero-order valence-corrected chi connectivity index (χ0v) is 14.5. The van der Waals surface area contributed by atoms with Crippen LogP contribution in [-0.4, -0.2) is 50.6 Å². The number of carbonyl (C=O) groups excluding carboxylic acids is 1. The van der Waals surface area contributed by atoms with Gasteiger partial charge in [0.05, 0.1) is 19.3 Å². The minimum Gasteiger partial charge on any atom is -0.497 e.